The van der Waals surface area contributed by atoms with Crippen molar-refractivity contribution in [2.45, 2.75) is 36.9 Å². The molecule has 1 aliphatic heterocycles. The Morgan fingerprint density at radius 1 is 1.18 bits per heavy atom. The van der Waals surface area contributed by atoms with Crippen LogP contribution < -0.4 is 0 Å². The Morgan fingerprint density at radius 2 is 1.89 bits per heavy atom. The summed E-state index contributed by atoms with van der Waals surface area (Å²) in [7, 11) is -3.44. The summed E-state index contributed by atoms with van der Waals surface area (Å²) in [6.45, 7) is 5.69. The molecule has 0 spiro atoms. The number of hydrogen-bond acceptors (Lipinski definition) is 4. The smallest absolute Gasteiger partial charge is 0.252 e. The number of thiophene rings is 1. The van der Waals surface area contributed by atoms with Crippen LogP contribution in [0.4, 0.5) is 0 Å². The number of sulfonamides is 1. The van der Waals surface area contributed by atoms with E-state index in [4.69, 9.17) is 0 Å². The predicted molar refractivity (Wildman–Crippen MR) is 111 cm³/mol. The number of aryl methyl sites for hydroxylation is 1. The lowest BCUT2D eigenvalue weighted by molar-refractivity contribution is -0.127. The van der Waals surface area contributed by atoms with Crippen molar-refractivity contribution < 1.29 is 13.2 Å². The van der Waals surface area contributed by atoms with E-state index < -0.39 is 10.0 Å². The maximum absolute atomic E-state index is 12.6. The number of carbonyl (C=O) groups is 1. The van der Waals surface area contributed by atoms with Crippen LogP contribution in [-0.4, -0.2) is 54.3 Å². The van der Waals surface area contributed by atoms with Gasteiger partial charge in [0.25, 0.3) is 10.0 Å². The molecule has 28 heavy (non-hydrogen) atoms. The Kier molecular flexibility index (Phi) is 5.20. The molecule has 6 nitrogen and oxygen atoms in total. The van der Waals surface area contributed by atoms with Gasteiger partial charge in [0.1, 0.15) is 4.21 Å². The number of rotatable bonds is 5. The van der Waals surface area contributed by atoms with E-state index in [2.05, 4.69) is 24.5 Å². The van der Waals surface area contributed by atoms with Crippen LogP contribution in [0.25, 0.3) is 6.08 Å². The monoisotopic (exact) mass is 419 g/mol. The molecule has 0 N–H and O–H groups in total. The normalized spacial score (nSPS) is 18.9. The van der Waals surface area contributed by atoms with Crippen LogP contribution >= 0.6 is 11.3 Å². The highest BCUT2D eigenvalue weighted by molar-refractivity contribution is 7.91. The molecule has 4 rings (SSSR count). The zero-order valence-electron chi connectivity index (χ0n) is 16.2. The summed E-state index contributed by atoms with van der Waals surface area (Å²) in [5, 5.41) is 1.76. The van der Waals surface area contributed by atoms with Crippen molar-refractivity contribution in [3.05, 3.63) is 46.6 Å². The molecule has 1 saturated carbocycles. The van der Waals surface area contributed by atoms with Crippen molar-refractivity contribution >= 4 is 33.3 Å². The fourth-order valence-corrected chi connectivity index (χ4v) is 6.39. The highest BCUT2D eigenvalue weighted by Crippen LogP contribution is 2.38. The zero-order valence-corrected chi connectivity index (χ0v) is 17.8. The minimum Gasteiger partial charge on any atom is -0.346 e. The van der Waals surface area contributed by atoms with Crippen molar-refractivity contribution in [3.8, 4) is 0 Å². The zero-order chi connectivity index (χ0) is 19.9. The maximum atomic E-state index is 12.6. The highest BCUT2D eigenvalue weighted by atomic mass is 32.2. The number of nitrogens with zero attached hydrogens (tertiary/aromatic N) is 3. The third-order valence-electron chi connectivity index (χ3n) is 5.48. The van der Waals surface area contributed by atoms with Crippen LogP contribution in [0.5, 0.6) is 0 Å². The van der Waals surface area contributed by atoms with Crippen molar-refractivity contribution in [2.24, 2.45) is 0 Å². The van der Waals surface area contributed by atoms with Crippen LogP contribution in [0.15, 0.2) is 33.9 Å². The van der Waals surface area contributed by atoms with Gasteiger partial charge in [-0.05, 0) is 55.8 Å². The van der Waals surface area contributed by atoms with Gasteiger partial charge >= 0.3 is 0 Å². The molecule has 2 aliphatic rings. The topological polar surface area (TPSA) is 62.6 Å². The Balaban J connectivity index is 1.38. The van der Waals surface area contributed by atoms with Gasteiger partial charge in [0.05, 0.1) is 0 Å². The minimum atomic E-state index is -3.44. The van der Waals surface area contributed by atoms with Gasteiger partial charge in [0.2, 0.25) is 5.91 Å². The lowest BCUT2D eigenvalue weighted by Gasteiger charge is -2.33. The summed E-state index contributed by atoms with van der Waals surface area (Å²) < 4.78 is 29.4. The molecule has 0 bridgehead atoms. The van der Waals surface area contributed by atoms with Gasteiger partial charge < -0.3 is 9.47 Å². The predicted octanol–water partition coefficient (Wildman–Crippen LogP) is 3.05. The molecule has 2 aromatic heterocycles. The van der Waals surface area contributed by atoms with E-state index in [1.807, 2.05) is 6.08 Å². The van der Waals surface area contributed by atoms with E-state index in [0.29, 0.717) is 36.4 Å². The van der Waals surface area contributed by atoms with E-state index in [9.17, 15) is 13.2 Å². The second kappa shape index (κ2) is 7.50. The number of aromatic nitrogens is 1. The molecular weight excluding hydrogens is 394 g/mol. The van der Waals surface area contributed by atoms with Crippen LogP contribution in [0, 0.1) is 13.8 Å². The molecule has 1 saturated heterocycles. The quantitative estimate of drug-likeness (QED) is 0.700. The average Bonchev–Trinajstić information content (AvgIpc) is 3.25. The molecule has 2 aromatic rings. The van der Waals surface area contributed by atoms with Gasteiger partial charge in [-0.2, -0.15) is 4.31 Å². The first-order valence-electron chi connectivity index (χ1n) is 9.57. The van der Waals surface area contributed by atoms with Gasteiger partial charge in [0, 0.05) is 49.7 Å². The fraction of sp³-hybridized carbons (Fsp3) is 0.450. The molecule has 2 fully saturated rings. The Hall–Kier alpha value is -1.90. The standard InChI is InChI=1S/C20H25N3O3S2/c1-15-14-17(16(2)23(15)18-6-7-18)5-8-19(24)21-9-11-22(12-10-21)28(25,26)20-4-3-13-27-20/h3-5,8,13-14,18H,6-7,9-12H2,1-2H3/b8-5+. The summed E-state index contributed by atoms with van der Waals surface area (Å²) in [5.74, 6) is -0.0654. The second-order valence-corrected chi connectivity index (χ2v) is 10.5. The fourth-order valence-electron chi connectivity index (χ4n) is 3.82. The number of hydrogen-bond donors (Lipinski definition) is 0. The number of piperazine rings is 1. The van der Waals surface area contributed by atoms with Crippen LogP contribution in [0.1, 0.15) is 35.8 Å². The molecule has 0 aromatic carbocycles. The summed E-state index contributed by atoms with van der Waals surface area (Å²) in [5.41, 5.74) is 3.52. The number of amides is 1. The Morgan fingerprint density at radius 3 is 2.50 bits per heavy atom. The largest absolute Gasteiger partial charge is 0.346 e. The van der Waals surface area contributed by atoms with Crippen LogP contribution in [-0.2, 0) is 14.8 Å². The highest BCUT2D eigenvalue weighted by Gasteiger charge is 2.30. The summed E-state index contributed by atoms with van der Waals surface area (Å²) >= 11 is 1.22. The molecule has 8 heteroatoms. The van der Waals surface area contributed by atoms with E-state index in [0.717, 1.165) is 5.56 Å². The van der Waals surface area contributed by atoms with Crippen molar-refractivity contribution in [2.75, 3.05) is 26.2 Å². The van der Waals surface area contributed by atoms with Gasteiger partial charge in [-0.3, -0.25) is 4.79 Å². The SMILES string of the molecule is Cc1cc(/C=C/C(=O)N2CCN(S(=O)(=O)c3cccs3)CC2)c(C)n1C1CC1. The summed E-state index contributed by atoms with van der Waals surface area (Å²) in [4.78, 5) is 14.3. The molecule has 1 aliphatic carbocycles. The van der Waals surface area contributed by atoms with E-state index in [-0.39, 0.29) is 5.91 Å². The van der Waals surface area contributed by atoms with Crippen LogP contribution in [0.2, 0.25) is 0 Å². The first-order chi connectivity index (χ1) is 13.4. The third-order valence-corrected chi connectivity index (χ3v) is 8.75. The summed E-state index contributed by atoms with van der Waals surface area (Å²) in [6.07, 6.45) is 5.97. The molecule has 150 valence electrons. The summed E-state index contributed by atoms with van der Waals surface area (Å²) in [6, 6.07) is 6.11. The molecule has 0 atom stereocenters. The number of carbonyl (C=O) groups excluding carboxylic acids is 1. The van der Waals surface area contributed by atoms with E-state index >= 15 is 0 Å². The Labute approximate surface area is 170 Å². The first kappa shape index (κ1) is 19.4. The molecule has 3 heterocycles. The van der Waals surface area contributed by atoms with Gasteiger partial charge in [-0.15, -0.1) is 11.3 Å². The van der Waals surface area contributed by atoms with Crippen LogP contribution in [0.3, 0.4) is 0 Å². The molecule has 0 radical (unpaired) electrons. The van der Waals surface area contributed by atoms with E-state index in [1.165, 1.54) is 39.9 Å². The first-order valence-corrected chi connectivity index (χ1v) is 11.9. The van der Waals surface area contributed by atoms with Crippen molar-refractivity contribution in [1.82, 2.24) is 13.8 Å². The molecule has 1 amide bonds. The minimum absolute atomic E-state index is 0.0654. The lowest BCUT2D eigenvalue weighted by atomic mass is 10.2. The second-order valence-electron chi connectivity index (χ2n) is 7.42. The molecular formula is C20H25N3O3S2. The van der Waals surface area contributed by atoms with E-state index in [1.54, 1.807) is 28.5 Å². The maximum Gasteiger partial charge on any atom is 0.252 e. The van der Waals surface area contributed by atoms with Gasteiger partial charge in [0.15, 0.2) is 0 Å². The average molecular weight is 420 g/mol. The molecule has 0 unspecified atom stereocenters. The van der Waals surface area contributed by atoms with Crippen molar-refractivity contribution in [1.29, 1.82) is 0 Å². The lowest BCUT2D eigenvalue weighted by Crippen LogP contribution is -2.50. The van der Waals surface area contributed by atoms with Gasteiger partial charge in [-0.25, -0.2) is 8.42 Å². The van der Waals surface area contributed by atoms with Crippen molar-refractivity contribution in [3.63, 3.8) is 0 Å². The van der Waals surface area contributed by atoms with Gasteiger partial charge in [-0.1, -0.05) is 6.07 Å². The third kappa shape index (κ3) is 3.68. The Bertz CT molecular complexity index is 994.